The number of carbonyl (C=O) groups is 1. The Hall–Kier alpha value is -3.35. The van der Waals surface area contributed by atoms with E-state index in [1.54, 1.807) is 13.3 Å². The van der Waals surface area contributed by atoms with Crippen molar-refractivity contribution in [1.29, 1.82) is 0 Å². The number of pyridine rings is 1. The maximum Gasteiger partial charge on any atom is 0.252 e. The Bertz CT molecular complexity index is 1290. The molecule has 2 N–H and O–H groups in total. The molecule has 2 heterocycles. The van der Waals surface area contributed by atoms with Crippen LogP contribution >= 0.6 is 11.6 Å². The van der Waals surface area contributed by atoms with E-state index < -0.39 is 0 Å². The normalized spacial score (nSPS) is 12.1. The van der Waals surface area contributed by atoms with E-state index >= 15 is 0 Å². The first-order chi connectivity index (χ1) is 15.6. The molecule has 0 unspecified atom stereocenters. The van der Waals surface area contributed by atoms with Crippen molar-refractivity contribution in [3.05, 3.63) is 105 Å². The van der Waals surface area contributed by atoms with E-state index in [1.165, 1.54) is 16.7 Å². The highest BCUT2D eigenvalue weighted by molar-refractivity contribution is 6.31. The van der Waals surface area contributed by atoms with Crippen molar-refractivity contribution in [2.75, 3.05) is 20.3 Å². The quantitative estimate of drug-likeness (QED) is 0.423. The van der Waals surface area contributed by atoms with Crippen molar-refractivity contribution >= 4 is 28.4 Å². The molecule has 4 aromatic rings. The van der Waals surface area contributed by atoms with Crippen LogP contribution in [0, 0.1) is 0 Å². The zero-order valence-electron chi connectivity index (χ0n) is 17.7. The predicted octanol–water partition coefficient (Wildman–Crippen LogP) is 4.19. The van der Waals surface area contributed by atoms with Crippen LogP contribution in [-0.2, 0) is 11.3 Å². The lowest BCUT2D eigenvalue weighted by Gasteiger charge is -2.19. The van der Waals surface area contributed by atoms with E-state index in [0.717, 1.165) is 22.0 Å². The number of benzene rings is 2. The van der Waals surface area contributed by atoms with Gasteiger partial charge in [0.15, 0.2) is 0 Å². The number of nitrogens with one attached hydrogen (secondary N) is 2. The van der Waals surface area contributed by atoms with Crippen LogP contribution in [0.2, 0.25) is 5.02 Å². The number of methoxy groups -OCH3 is 1. The Morgan fingerprint density at radius 2 is 1.88 bits per heavy atom. The van der Waals surface area contributed by atoms with Gasteiger partial charge in [0.1, 0.15) is 0 Å². The Morgan fingerprint density at radius 3 is 2.69 bits per heavy atom. The third-order valence-corrected chi connectivity index (χ3v) is 5.87. The Labute approximate surface area is 190 Å². The Balaban J connectivity index is 1.62. The predicted molar refractivity (Wildman–Crippen MR) is 127 cm³/mol. The zero-order valence-corrected chi connectivity index (χ0v) is 18.4. The molecule has 32 heavy (non-hydrogen) atoms. The molecule has 0 fully saturated rings. The van der Waals surface area contributed by atoms with Crippen LogP contribution in [0.4, 0.5) is 0 Å². The molecule has 0 aliphatic rings. The second kappa shape index (κ2) is 9.85. The van der Waals surface area contributed by atoms with Crippen LogP contribution in [0.3, 0.4) is 0 Å². The van der Waals surface area contributed by atoms with Crippen LogP contribution in [0.1, 0.15) is 27.4 Å². The third-order valence-electron chi connectivity index (χ3n) is 5.53. The van der Waals surface area contributed by atoms with Gasteiger partial charge in [-0.2, -0.15) is 0 Å². The number of H-pyrrole nitrogens is 1. The van der Waals surface area contributed by atoms with Crippen molar-refractivity contribution in [2.24, 2.45) is 0 Å². The maximum absolute atomic E-state index is 12.9. The van der Waals surface area contributed by atoms with Crippen LogP contribution in [-0.4, -0.2) is 35.7 Å². The molecule has 7 heteroatoms. The summed E-state index contributed by atoms with van der Waals surface area (Å²) in [7, 11) is 1.57. The van der Waals surface area contributed by atoms with Crippen molar-refractivity contribution < 1.29 is 9.53 Å². The number of amides is 1. The molecule has 0 aliphatic heterocycles. The molecule has 0 spiro atoms. The monoisotopic (exact) mass is 449 g/mol. The summed E-state index contributed by atoms with van der Waals surface area (Å²) < 4.78 is 6.52. The van der Waals surface area contributed by atoms with Crippen LogP contribution < -0.4 is 10.9 Å². The fourth-order valence-electron chi connectivity index (χ4n) is 3.85. The summed E-state index contributed by atoms with van der Waals surface area (Å²) in [6.07, 6.45) is 3.53. The number of fused-ring (bicyclic) bond motifs is 1. The first-order valence-corrected chi connectivity index (χ1v) is 10.7. The molecule has 0 radical (unpaired) electrons. The average molecular weight is 450 g/mol. The van der Waals surface area contributed by atoms with Crippen molar-refractivity contribution in [1.82, 2.24) is 14.9 Å². The molecule has 0 saturated carbocycles. The van der Waals surface area contributed by atoms with Crippen molar-refractivity contribution in [3.8, 4) is 0 Å². The smallest absolute Gasteiger partial charge is 0.252 e. The minimum absolute atomic E-state index is 0.150. The number of halogens is 1. The van der Waals surface area contributed by atoms with Gasteiger partial charge in [-0.3, -0.25) is 9.59 Å². The number of hydrogen-bond acceptors (Lipinski definition) is 3. The van der Waals surface area contributed by atoms with Crippen molar-refractivity contribution in [3.63, 3.8) is 0 Å². The first kappa shape index (κ1) is 21.9. The van der Waals surface area contributed by atoms with Gasteiger partial charge in [0, 0.05) is 60.5 Å². The van der Waals surface area contributed by atoms with Crippen LogP contribution in [0.25, 0.3) is 10.9 Å². The number of nitrogens with zero attached hydrogens (tertiary/aromatic N) is 1. The zero-order chi connectivity index (χ0) is 22.5. The van der Waals surface area contributed by atoms with Crippen LogP contribution in [0.15, 0.2) is 77.9 Å². The van der Waals surface area contributed by atoms with E-state index in [9.17, 15) is 9.59 Å². The number of aromatic nitrogens is 2. The summed E-state index contributed by atoms with van der Waals surface area (Å²) in [6, 6.07) is 18.6. The van der Waals surface area contributed by atoms with Gasteiger partial charge in [0.05, 0.1) is 12.2 Å². The summed E-state index contributed by atoms with van der Waals surface area (Å²) in [5.41, 5.74) is 3.25. The topological polar surface area (TPSA) is 76.1 Å². The van der Waals surface area contributed by atoms with Crippen LogP contribution in [0.5, 0.6) is 0 Å². The Morgan fingerprint density at radius 1 is 1.09 bits per heavy atom. The highest BCUT2D eigenvalue weighted by atomic mass is 35.5. The molecule has 0 bridgehead atoms. The molecule has 6 nitrogen and oxygen atoms in total. The fraction of sp³-hybridized carbons (Fsp3) is 0.200. The van der Waals surface area contributed by atoms with E-state index in [0.29, 0.717) is 30.3 Å². The third kappa shape index (κ3) is 4.61. The second-order valence-electron chi connectivity index (χ2n) is 7.52. The largest absolute Gasteiger partial charge is 0.383 e. The van der Waals surface area contributed by atoms with E-state index in [4.69, 9.17) is 16.3 Å². The second-order valence-corrected chi connectivity index (χ2v) is 7.92. The SMILES string of the molecule is COCCn1cc(C(=O)NC[C@@H](c2ccccc2Cl)c2c[nH]c3ccccc23)ccc1=O. The molecule has 164 valence electrons. The number of rotatable bonds is 8. The van der Waals surface area contributed by atoms with Gasteiger partial charge < -0.3 is 19.6 Å². The summed E-state index contributed by atoms with van der Waals surface area (Å²) in [6.45, 7) is 1.12. The molecular weight excluding hydrogens is 426 g/mol. The maximum atomic E-state index is 12.9. The first-order valence-electron chi connectivity index (χ1n) is 10.4. The number of hydrogen-bond donors (Lipinski definition) is 2. The molecule has 2 aromatic heterocycles. The minimum atomic E-state index is -0.256. The lowest BCUT2D eigenvalue weighted by atomic mass is 9.90. The number of aromatic amines is 1. The minimum Gasteiger partial charge on any atom is -0.383 e. The molecule has 1 atom stereocenters. The Kier molecular flexibility index (Phi) is 6.73. The van der Waals surface area contributed by atoms with Gasteiger partial charge in [-0.15, -0.1) is 0 Å². The fourth-order valence-corrected chi connectivity index (χ4v) is 4.12. The standard InChI is InChI=1S/C25H24ClN3O3/c1-32-13-12-29-16-17(10-11-24(29)30)25(31)28-15-20(18-6-2-4-8-22(18)26)21-14-27-23-9-5-3-7-19(21)23/h2-11,14,16,20,27H,12-13,15H2,1H3,(H,28,31)/t20-/m0/s1. The molecule has 0 saturated heterocycles. The number of ether oxygens (including phenoxy) is 1. The van der Waals surface area contributed by atoms with Gasteiger partial charge in [-0.05, 0) is 29.3 Å². The van der Waals surface area contributed by atoms with E-state index in [1.807, 2.05) is 48.7 Å². The molecule has 1 amide bonds. The average Bonchev–Trinajstić information content (AvgIpc) is 3.23. The molecular formula is C25H24ClN3O3. The summed E-state index contributed by atoms with van der Waals surface area (Å²) >= 11 is 6.53. The summed E-state index contributed by atoms with van der Waals surface area (Å²) in [5.74, 6) is -0.406. The number of para-hydroxylation sites is 1. The summed E-state index contributed by atoms with van der Waals surface area (Å²) in [5, 5.41) is 4.75. The van der Waals surface area contributed by atoms with E-state index in [-0.39, 0.29) is 17.4 Å². The lowest BCUT2D eigenvalue weighted by Crippen LogP contribution is -2.30. The van der Waals surface area contributed by atoms with Gasteiger partial charge >= 0.3 is 0 Å². The molecule has 2 aromatic carbocycles. The van der Waals surface area contributed by atoms with Gasteiger partial charge in [-0.25, -0.2) is 0 Å². The lowest BCUT2D eigenvalue weighted by molar-refractivity contribution is 0.0951. The molecule has 0 aliphatic carbocycles. The highest BCUT2D eigenvalue weighted by Gasteiger charge is 2.21. The van der Waals surface area contributed by atoms with Gasteiger partial charge in [0.25, 0.3) is 11.5 Å². The van der Waals surface area contributed by atoms with Gasteiger partial charge in [-0.1, -0.05) is 48.0 Å². The van der Waals surface area contributed by atoms with Crippen molar-refractivity contribution in [2.45, 2.75) is 12.5 Å². The van der Waals surface area contributed by atoms with E-state index in [2.05, 4.69) is 16.4 Å². The summed E-state index contributed by atoms with van der Waals surface area (Å²) in [4.78, 5) is 28.3. The van der Waals surface area contributed by atoms with Gasteiger partial charge in [0.2, 0.25) is 0 Å². The number of carbonyl (C=O) groups excluding carboxylic acids is 1. The highest BCUT2D eigenvalue weighted by Crippen LogP contribution is 2.34. The molecule has 4 rings (SSSR count).